The van der Waals surface area contributed by atoms with Gasteiger partial charge in [-0.05, 0) is 38.6 Å². The van der Waals surface area contributed by atoms with Gasteiger partial charge in [-0.3, -0.25) is 0 Å². The summed E-state index contributed by atoms with van der Waals surface area (Å²) in [5, 5.41) is 3.67. The molecule has 3 fully saturated rings. The van der Waals surface area contributed by atoms with Crippen LogP contribution in [0.4, 0.5) is 0 Å². The molecule has 0 radical (unpaired) electrons. The van der Waals surface area contributed by atoms with Crippen LogP contribution in [0.1, 0.15) is 38.5 Å². The molecule has 0 aromatic heterocycles. The Balaban J connectivity index is 1.65. The molecule has 3 saturated heterocycles. The first-order valence-corrected chi connectivity index (χ1v) is 5.82. The highest BCUT2D eigenvalue weighted by Crippen LogP contribution is 2.41. The molecule has 0 saturated carbocycles. The van der Waals surface area contributed by atoms with Crippen molar-refractivity contribution in [2.45, 2.75) is 56.8 Å². The van der Waals surface area contributed by atoms with Gasteiger partial charge in [0.25, 0.3) is 0 Å². The zero-order valence-corrected chi connectivity index (χ0v) is 8.17. The first-order chi connectivity index (χ1) is 6.43. The van der Waals surface area contributed by atoms with Gasteiger partial charge in [0.05, 0.1) is 12.2 Å². The Morgan fingerprint density at radius 3 is 2.69 bits per heavy atom. The number of piperidine rings is 1. The van der Waals surface area contributed by atoms with Gasteiger partial charge >= 0.3 is 0 Å². The summed E-state index contributed by atoms with van der Waals surface area (Å²) in [7, 11) is 0. The Kier molecular flexibility index (Phi) is 2.06. The first-order valence-electron chi connectivity index (χ1n) is 5.82. The van der Waals surface area contributed by atoms with Gasteiger partial charge < -0.3 is 10.1 Å². The Morgan fingerprint density at radius 2 is 2.08 bits per heavy atom. The molecule has 2 heteroatoms. The molecule has 0 aromatic carbocycles. The largest absolute Gasteiger partial charge is 0.375 e. The third-order valence-corrected chi connectivity index (χ3v) is 4.02. The van der Waals surface area contributed by atoms with Crippen molar-refractivity contribution in [1.29, 1.82) is 0 Å². The number of hydrogen-bond acceptors (Lipinski definition) is 2. The minimum Gasteiger partial charge on any atom is -0.375 e. The molecule has 1 N–H and O–H groups in total. The van der Waals surface area contributed by atoms with Gasteiger partial charge in [0.15, 0.2) is 0 Å². The molecule has 2 nitrogen and oxygen atoms in total. The molecule has 3 rings (SSSR count). The summed E-state index contributed by atoms with van der Waals surface area (Å²) in [5.74, 6) is 0.846. The van der Waals surface area contributed by atoms with Gasteiger partial charge in [0, 0.05) is 12.0 Å². The lowest BCUT2D eigenvalue weighted by Crippen LogP contribution is -2.43. The van der Waals surface area contributed by atoms with E-state index < -0.39 is 0 Å². The highest BCUT2D eigenvalue weighted by Gasteiger charge is 2.44. The average molecular weight is 181 g/mol. The van der Waals surface area contributed by atoms with Crippen molar-refractivity contribution in [3.8, 4) is 0 Å². The van der Waals surface area contributed by atoms with E-state index in [-0.39, 0.29) is 0 Å². The van der Waals surface area contributed by atoms with Crippen LogP contribution in [0.25, 0.3) is 0 Å². The molecule has 3 heterocycles. The maximum absolute atomic E-state index is 5.90. The molecule has 0 amide bonds. The van der Waals surface area contributed by atoms with E-state index in [1.807, 2.05) is 0 Å². The van der Waals surface area contributed by atoms with E-state index in [9.17, 15) is 0 Å². The molecule has 74 valence electrons. The van der Waals surface area contributed by atoms with Crippen LogP contribution in [0.5, 0.6) is 0 Å². The van der Waals surface area contributed by atoms with E-state index >= 15 is 0 Å². The third kappa shape index (κ3) is 1.40. The van der Waals surface area contributed by atoms with Gasteiger partial charge in [0.1, 0.15) is 0 Å². The SMILES string of the molecule is C1CCC(C2CC3CCC2O3)NC1. The van der Waals surface area contributed by atoms with Crippen molar-refractivity contribution in [2.24, 2.45) is 5.92 Å². The average Bonchev–Trinajstić information content (AvgIpc) is 2.80. The second kappa shape index (κ2) is 3.25. The van der Waals surface area contributed by atoms with Crippen molar-refractivity contribution in [3.63, 3.8) is 0 Å². The summed E-state index contributed by atoms with van der Waals surface area (Å²) < 4.78 is 5.90. The minimum atomic E-state index is 0.612. The van der Waals surface area contributed by atoms with Gasteiger partial charge in [-0.1, -0.05) is 6.42 Å². The molecule has 2 bridgehead atoms. The monoisotopic (exact) mass is 181 g/mol. The second-order valence-corrected chi connectivity index (χ2v) is 4.83. The van der Waals surface area contributed by atoms with Gasteiger partial charge in [-0.25, -0.2) is 0 Å². The molecule has 13 heavy (non-hydrogen) atoms. The van der Waals surface area contributed by atoms with Crippen molar-refractivity contribution in [2.75, 3.05) is 6.54 Å². The van der Waals surface area contributed by atoms with Crippen LogP contribution in [-0.4, -0.2) is 24.8 Å². The predicted molar refractivity (Wildman–Crippen MR) is 51.6 cm³/mol. The van der Waals surface area contributed by atoms with Crippen LogP contribution in [0, 0.1) is 5.92 Å². The Bertz CT molecular complexity index is 189. The maximum Gasteiger partial charge on any atom is 0.0623 e. The molecule has 4 atom stereocenters. The number of ether oxygens (including phenoxy) is 1. The highest BCUT2D eigenvalue weighted by atomic mass is 16.5. The van der Waals surface area contributed by atoms with Crippen LogP contribution < -0.4 is 5.32 Å². The third-order valence-electron chi connectivity index (χ3n) is 4.02. The highest BCUT2D eigenvalue weighted by molar-refractivity contribution is 4.95. The molecule has 4 unspecified atom stereocenters. The predicted octanol–water partition coefficient (Wildman–Crippen LogP) is 1.70. The fourth-order valence-electron chi connectivity index (χ4n) is 3.34. The molecule has 0 aromatic rings. The lowest BCUT2D eigenvalue weighted by molar-refractivity contribution is 0.0832. The molecule has 3 aliphatic rings. The van der Waals surface area contributed by atoms with Crippen LogP contribution >= 0.6 is 0 Å². The number of fused-ring (bicyclic) bond motifs is 2. The summed E-state index contributed by atoms with van der Waals surface area (Å²) >= 11 is 0. The molecule has 0 spiro atoms. The lowest BCUT2D eigenvalue weighted by Gasteiger charge is -2.32. The Hall–Kier alpha value is -0.0800. The van der Waals surface area contributed by atoms with Crippen LogP contribution in [0.2, 0.25) is 0 Å². The molecule has 3 aliphatic heterocycles. The van der Waals surface area contributed by atoms with E-state index in [1.165, 1.54) is 45.1 Å². The smallest absolute Gasteiger partial charge is 0.0623 e. The summed E-state index contributed by atoms with van der Waals surface area (Å²) in [6.07, 6.45) is 9.41. The van der Waals surface area contributed by atoms with E-state index in [0.29, 0.717) is 12.2 Å². The summed E-state index contributed by atoms with van der Waals surface area (Å²) in [4.78, 5) is 0. The van der Waals surface area contributed by atoms with Crippen LogP contribution in [-0.2, 0) is 4.74 Å². The van der Waals surface area contributed by atoms with Crippen molar-refractivity contribution >= 4 is 0 Å². The number of hydrogen-bond donors (Lipinski definition) is 1. The zero-order valence-electron chi connectivity index (χ0n) is 8.17. The fraction of sp³-hybridized carbons (Fsp3) is 1.00. The van der Waals surface area contributed by atoms with E-state index in [1.54, 1.807) is 0 Å². The van der Waals surface area contributed by atoms with Crippen LogP contribution in [0.3, 0.4) is 0 Å². The maximum atomic E-state index is 5.90. The minimum absolute atomic E-state index is 0.612. The van der Waals surface area contributed by atoms with E-state index in [2.05, 4.69) is 5.32 Å². The van der Waals surface area contributed by atoms with Gasteiger partial charge in [-0.2, -0.15) is 0 Å². The number of nitrogens with one attached hydrogen (secondary N) is 1. The molecule has 0 aliphatic carbocycles. The normalized spacial score (nSPS) is 49.8. The standard InChI is InChI=1S/C11H19NO/c1-2-6-12-10(3-1)9-7-8-4-5-11(9)13-8/h8-12H,1-7H2. The molecular weight excluding hydrogens is 162 g/mol. The fourth-order valence-corrected chi connectivity index (χ4v) is 3.34. The lowest BCUT2D eigenvalue weighted by atomic mass is 9.81. The molecular formula is C11H19NO. The summed E-state index contributed by atoms with van der Waals surface area (Å²) in [6, 6.07) is 0.782. The van der Waals surface area contributed by atoms with Crippen molar-refractivity contribution in [3.05, 3.63) is 0 Å². The Labute approximate surface area is 80.0 Å². The summed E-state index contributed by atoms with van der Waals surface area (Å²) in [6.45, 7) is 1.23. The first kappa shape index (κ1) is 8.25. The number of rotatable bonds is 1. The van der Waals surface area contributed by atoms with Crippen molar-refractivity contribution < 1.29 is 4.74 Å². The van der Waals surface area contributed by atoms with Gasteiger partial charge in [0.2, 0.25) is 0 Å². The summed E-state index contributed by atoms with van der Waals surface area (Å²) in [5.41, 5.74) is 0. The second-order valence-electron chi connectivity index (χ2n) is 4.83. The van der Waals surface area contributed by atoms with Crippen LogP contribution in [0.15, 0.2) is 0 Å². The van der Waals surface area contributed by atoms with E-state index in [4.69, 9.17) is 4.74 Å². The zero-order chi connectivity index (χ0) is 8.67. The Morgan fingerprint density at radius 1 is 1.08 bits per heavy atom. The quantitative estimate of drug-likeness (QED) is 0.664. The van der Waals surface area contributed by atoms with Gasteiger partial charge in [-0.15, -0.1) is 0 Å². The van der Waals surface area contributed by atoms with Crippen molar-refractivity contribution in [1.82, 2.24) is 5.32 Å². The van der Waals surface area contributed by atoms with E-state index in [0.717, 1.165) is 12.0 Å². The topological polar surface area (TPSA) is 21.3 Å².